The molecule has 0 aliphatic heterocycles. The molecule has 0 amide bonds. The van der Waals surface area contributed by atoms with Crippen molar-refractivity contribution in [2.24, 2.45) is 0 Å². The molecule has 0 spiro atoms. The van der Waals surface area contributed by atoms with Gasteiger partial charge in [-0.05, 0) is 12.3 Å². The van der Waals surface area contributed by atoms with Crippen molar-refractivity contribution >= 4 is 23.4 Å². The molecule has 2 nitrogen and oxygen atoms in total. The first kappa shape index (κ1) is 8.68. The molecule has 0 atom stereocenters. The van der Waals surface area contributed by atoms with E-state index in [4.69, 9.17) is 16.3 Å². The van der Waals surface area contributed by atoms with E-state index in [2.05, 4.69) is 4.98 Å². The number of methoxy groups -OCH3 is 1. The van der Waals surface area contributed by atoms with Gasteiger partial charge < -0.3 is 4.74 Å². The van der Waals surface area contributed by atoms with Crippen LogP contribution in [0.15, 0.2) is 17.2 Å². The minimum Gasteiger partial charge on any atom is -0.495 e. The second kappa shape index (κ2) is 3.83. The lowest BCUT2D eigenvalue weighted by molar-refractivity contribution is 0.404. The standard InChI is InChI=1S/C7H8ClNOS/c1-10-5-3-4-9-7(8)6(5)11-2/h3-4H,1-2H3. The second-order valence-corrected chi connectivity index (χ2v) is 3.01. The van der Waals surface area contributed by atoms with Gasteiger partial charge in [-0.1, -0.05) is 11.6 Å². The van der Waals surface area contributed by atoms with Gasteiger partial charge in [0.2, 0.25) is 0 Å². The summed E-state index contributed by atoms with van der Waals surface area (Å²) in [6.45, 7) is 0. The fraction of sp³-hybridized carbons (Fsp3) is 0.286. The van der Waals surface area contributed by atoms with Crippen LogP contribution in [0.1, 0.15) is 0 Å². The van der Waals surface area contributed by atoms with Crippen LogP contribution in [0.3, 0.4) is 0 Å². The summed E-state index contributed by atoms with van der Waals surface area (Å²) in [4.78, 5) is 4.81. The molecule has 11 heavy (non-hydrogen) atoms. The van der Waals surface area contributed by atoms with Crippen LogP contribution in [0.4, 0.5) is 0 Å². The van der Waals surface area contributed by atoms with E-state index in [0.717, 1.165) is 10.6 Å². The molecule has 1 rings (SSSR count). The van der Waals surface area contributed by atoms with Gasteiger partial charge in [0.05, 0.1) is 12.0 Å². The molecule has 4 heteroatoms. The molecule has 0 N–H and O–H groups in total. The predicted octanol–water partition coefficient (Wildman–Crippen LogP) is 2.47. The van der Waals surface area contributed by atoms with Crippen LogP contribution >= 0.6 is 23.4 Å². The van der Waals surface area contributed by atoms with Crippen molar-refractivity contribution in [3.63, 3.8) is 0 Å². The van der Waals surface area contributed by atoms with Crippen molar-refractivity contribution in [1.29, 1.82) is 0 Å². The first-order valence-electron chi connectivity index (χ1n) is 3.02. The molecule has 60 valence electrons. The Bertz CT molecular complexity index is 254. The maximum absolute atomic E-state index is 5.80. The fourth-order valence-electron chi connectivity index (χ4n) is 0.752. The number of aromatic nitrogens is 1. The second-order valence-electron chi connectivity index (χ2n) is 1.84. The normalized spacial score (nSPS) is 9.73. The van der Waals surface area contributed by atoms with Gasteiger partial charge in [0.25, 0.3) is 0 Å². The zero-order valence-electron chi connectivity index (χ0n) is 6.30. The summed E-state index contributed by atoms with van der Waals surface area (Å²) < 4.78 is 5.07. The van der Waals surface area contributed by atoms with Gasteiger partial charge in [0.15, 0.2) is 0 Å². The minimum atomic E-state index is 0.497. The highest BCUT2D eigenvalue weighted by Crippen LogP contribution is 2.32. The molecule has 1 aromatic rings. The molecular formula is C7H8ClNOS. The molecule has 0 saturated heterocycles. The SMILES string of the molecule is COc1ccnc(Cl)c1SC. The number of rotatable bonds is 2. The quantitative estimate of drug-likeness (QED) is 0.527. The van der Waals surface area contributed by atoms with E-state index >= 15 is 0 Å². The van der Waals surface area contributed by atoms with Crippen molar-refractivity contribution in [1.82, 2.24) is 4.98 Å². The highest BCUT2D eigenvalue weighted by molar-refractivity contribution is 7.98. The Kier molecular flexibility index (Phi) is 3.02. The fourth-order valence-corrected chi connectivity index (χ4v) is 1.71. The molecule has 1 heterocycles. The number of thioether (sulfide) groups is 1. The molecule has 0 radical (unpaired) electrons. The number of pyridine rings is 1. The number of ether oxygens (including phenoxy) is 1. The van der Waals surface area contributed by atoms with Crippen LogP contribution in [0.5, 0.6) is 5.75 Å². The van der Waals surface area contributed by atoms with Gasteiger partial charge in [0, 0.05) is 6.20 Å². The number of nitrogens with zero attached hydrogens (tertiary/aromatic N) is 1. The Balaban J connectivity index is 3.13. The highest BCUT2D eigenvalue weighted by atomic mass is 35.5. The summed E-state index contributed by atoms with van der Waals surface area (Å²) >= 11 is 7.32. The zero-order chi connectivity index (χ0) is 8.27. The van der Waals surface area contributed by atoms with Gasteiger partial charge in [-0.3, -0.25) is 0 Å². The Morgan fingerprint density at radius 2 is 2.36 bits per heavy atom. The Hall–Kier alpha value is -0.410. The number of hydrogen-bond acceptors (Lipinski definition) is 3. The van der Waals surface area contributed by atoms with E-state index < -0.39 is 0 Å². The van der Waals surface area contributed by atoms with Gasteiger partial charge in [-0.2, -0.15) is 0 Å². The van der Waals surface area contributed by atoms with Crippen LogP contribution in [-0.4, -0.2) is 18.3 Å². The summed E-state index contributed by atoms with van der Waals surface area (Å²) in [6.07, 6.45) is 3.56. The molecular weight excluding hydrogens is 182 g/mol. The van der Waals surface area contributed by atoms with E-state index in [1.165, 1.54) is 11.8 Å². The lowest BCUT2D eigenvalue weighted by Gasteiger charge is -2.05. The van der Waals surface area contributed by atoms with Gasteiger partial charge in [-0.25, -0.2) is 4.98 Å². The number of halogens is 1. The van der Waals surface area contributed by atoms with Crippen LogP contribution < -0.4 is 4.74 Å². The molecule has 0 aromatic carbocycles. The van der Waals surface area contributed by atoms with E-state index in [9.17, 15) is 0 Å². The summed E-state index contributed by atoms with van der Waals surface area (Å²) in [5.74, 6) is 0.775. The maximum atomic E-state index is 5.80. The van der Waals surface area contributed by atoms with Crippen LogP contribution in [0, 0.1) is 0 Å². The number of hydrogen-bond donors (Lipinski definition) is 0. The maximum Gasteiger partial charge on any atom is 0.146 e. The largest absolute Gasteiger partial charge is 0.495 e. The van der Waals surface area contributed by atoms with Gasteiger partial charge >= 0.3 is 0 Å². The summed E-state index contributed by atoms with van der Waals surface area (Å²) in [5, 5.41) is 0.497. The van der Waals surface area contributed by atoms with Crippen molar-refractivity contribution in [3.05, 3.63) is 17.4 Å². The predicted molar refractivity (Wildman–Crippen MR) is 47.6 cm³/mol. The smallest absolute Gasteiger partial charge is 0.146 e. The Morgan fingerprint density at radius 3 is 2.82 bits per heavy atom. The molecule has 0 saturated carbocycles. The van der Waals surface area contributed by atoms with Crippen molar-refractivity contribution < 1.29 is 4.74 Å². The first-order chi connectivity index (χ1) is 5.29. The summed E-state index contributed by atoms with van der Waals surface area (Å²) in [6, 6.07) is 1.79. The molecule has 0 unspecified atom stereocenters. The van der Waals surface area contributed by atoms with Crippen molar-refractivity contribution in [2.45, 2.75) is 4.90 Å². The monoisotopic (exact) mass is 189 g/mol. The minimum absolute atomic E-state index is 0.497. The summed E-state index contributed by atoms with van der Waals surface area (Å²) in [5.41, 5.74) is 0. The third-order valence-corrected chi connectivity index (χ3v) is 2.45. The average molecular weight is 190 g/mol. The average Bonchev–Trinajstić information content (AvgIpc) is 2.04. The van der Waals surface area contributed by atoms with Gasteiger partial charge in [0.1, 0.15) is 10.9 Å². The Labute approximate surface area is 74.9 Å². The van der Waals surface area contributed by atoms with Gasteiger partial charge in [-0.15, -0.1) is 11.8 Å². The van der Waals surface area contributed by atoms with Crippen LogP contribution in [-0.2, 0) is 0 Å². The van der Waals surface area contributed by atoms with E-state index in [1.54, 1.807) is 19.4 Å². The van der Waals surface area contributed by atoms with Crippen LogP contribution in [0.25, 0.3) is 0 Å². The third kappa shape index (κ3) is 1.79. The molecule has 0 fully saturated rings. The lowest BCUT2D eigenvalue weighted by atomic mass is 10.4. The van der Waals surface area contributed by atoms with E-state index in [-0.39, 0.29) is 0 Å². The highest BCUT2D eigenvalue weighted by Gasteiger charge is 2.05. The Morgan fingerprint density at radius 1 is 1.64 bits per heavy atom. The zero-order valence-corrected chi connectivity index (χ0v) is 7.87. The summed E-state index contributed by atoms with van der Waals surface area (Å²) in [7, 11) is 1.62. The van der Waals surface area contributed by atoms with Crippen molar-refractivity contribution in [3.8, 4) is 5.75 Å². The molecule has 1 aromatic heterocycles. The van der Waals surface area contributed by atoms with E-state index in [0.29, 0.717) is 5.15 Å². The van der Waals surface area contributed by atoms with Crippen molar-refractivity contribution in [2.75, 3.05) is 13.4 Å². The van der Waals surface area contributed by atoms with E-state index in [1.807, 2.05) is 6.26 Å². The molecule has 0 aliphatic carbocycles. The first-order valence-corrected chi connectivity index (χ1v) is 4.62. The third-order valence-electron chi connectivity index (χ3n) is 1.25. The molecule has 0 bridgehead atoms. The molecule has 0 aliphatic rings. The van der Waals surface area contributed by atoms with Crippen LogP contribution in [0.2, 0.25) is 5.15 Å². The lowest BCUT2D eigenvalue weighted by Crippen LogP contribution is -1.87. The topological polar surface area (TPSA) is 22.1 Å².